The number of benzene rings is 1. The zero-order chi connectivity index (χ0) is 17.6. The Bertz CT molecular complexity index is 529. The van der Waals surface area contributed by atoms with Gasteiger partial charge in [-0.2, -0.15) is 0 Å². The molecule has 2 unspecified atom stereocenters. The van der Waals surface area contributed by atoms with Crippen LogP contribution in [0.5, 0.6) is 5.75 Å². The number of amides is 1. The van der Waals surface area contributed by atoms with Gasteiger partial charge in [-0.05, 0) is 68.2 Å². The summed E-state index contributed by atoms with van der Waals surface area (Å²) in [5.74, 6) is 0.806. The molecule has 0 aliphatic heterocycles. The van der Waals surface area contributed by atoms with Gasteiger partial charge in [-0.1, -0.05) is 6.07 Å². The molecule has 1 amide bonds. The van der Waals surface area contributed by atoms with E-state index in [0.717, 1.165) is 15.8 Å². The van der Waals surface area contributed by atoms with Gasteiger partial charge in [-0.15, -0.1) is 0 Å². The van der Waals surface area contributed by atoms with Crippen LogP contribution in [-0.4, -0.2) is 31.4 Å². The van der Waals surface area contributed by atoms with Crippen molar-refractivity contribution in [2.24, 2.45) is 0 Å². The maximum Gasteiger partial charge on any atom is 0.407 e. The zero-order valence-corrected chi connectivity index (χ0v) is 16.3. The molecule has 2 N–H and O–H groups in total. The second-order valence-corrected chi connectivity index (χ2v) is 7.42. The predicted molar refractivity (Wildman–Crippen MR) is 95.9 cm³/mol. The lowest BCUT2D eigenvalue weighted by Gasteiger charge is -2.23. The molecule has 0 bridgehead atoms. The Morgan fingerprint density at radius 3 is 2.48 bits per heavy atom. The number of carbonyl (C=O) groups excluding carboxylic acids is 1. The molecule has 0 saturated carbocycles. The highest BCUT2D eigenvalue weighted by molar-refractivity contribution is 9.10. The van der Waals surface area contributed by atoms with Crippen LogP contribution in [-0.2, 0) is 4.74 Å². The van der Waals surface area contributed by atoms with Gasteiger partial charge in [0, 0.05) is 18.6 Å². The number of methoxy groups -OCH3 is 1. The number of nitrogens with one attached hydrogen (secondary N) is 2. The number of rotatable bonds is 6. The summed E-state index contributed by atoms with van der Waals surface area (Å²) in [6.07, 6.45) is -0.397. The molecule has 2 atom stereocenters. The highest BCUT2D eigenvalue weighted by Crippen LogP contribution is 2.28. The van der Waals surface area contributed by atoms with Gasteiger partial charge in [0.1, 0.15) is 11.4 Å². The van der Waals surface area contributed by atoms with E-state index in [2.05, 4.69) is 33.5 Å². The molecule has 0 aliphatic carbocycles. The first-order valence-electron chi connectivity index (χ1n) is 7.68. The third-order valence-corrected chi connectivity index (χ3v) is 3.78. The van der Waals surface area contributed by atoms with Crippen LogP contribution in [0.15, 0.2) is 22.7 Å². The van der Waals surface area contributed by atoms with E-state index in [-0.39, 0.29) is 12.1 Å². The molecule has 130 valence electrons. The largest absolute Gasteiger partial charge is 0.496 e. The summed E-state index contributed by atoms with van der Waals surface area (Å²) in [4.78, 5) is 11.7. The van der Waals surface area contributed by atoms with Crippen LogP contribution in [0.1, 0.15) is 46.2 Å². The van der Waals surface area contributed by atoms with E-state index >= 15 is 0 Å². The minimum Gasteiger partial charge on any atom is -0.496 e. The fraction of sp³-hybridized carbons (Fsp3) is 0.588. The van der Waals surface area contributed by atoms with E-state index in [0.29, 0.717) is 6.54 Å². The van der Waals surface area contributed by atoms with Crippen molar-refractivity contribution < 1.29 is 14.3 Å². The molecular formula is C17H27BrN2O3. The van der Waals surface area contributed by atoms with E-state index < -0.39 is 11.7 Å². The zero-order valence-electron chi connectivity index (χ0n) is 14.7. The van der Waals surface area contributed by atoms with Crippen molar-refractivity contribution in [1.29, 1.82) is 0 Å². The van der Waals surface area contributed by atoms with Gasteiger partial charge in [-0.3, -0.25) is 0 Å². The molecule has 23 heavy (non-hydrogen) atoms. The highest BCUT2D eigenvalue weighted by atomic mass is 79.9. The summed E-state index contributed by atoms with van der Waals surface area (Å²) in [5.41, 5.74) is 0.658. The Morgan fingerprint density at radius 2 is 1.96 bits per heavy atom. The Hall–Kier alpha value is -1.27. The summed E-state index contributed by atoms with van der Waals surface area (Å²) < 4.78 is 11.4. The first-order valence-corrected chi connectivity index (χ1v) is 8.48. The molecular weight excluding hydrogens is 360 g/mol. The molecule has 0 fully saturated rings. The molecule has 0 heterocycles. The maximum atomic E-state index is 11.7. The van der Waals surface area contributed by atoms with Crippen molar-refractivity contribution >= 4 is 22.0 Å². The standard InChI is InChI=1S/C17H27BrN2O3/c1-11(10-19-16(21)23-17(3,4)5)20-12(2)13-7-8-15(22-6)14(18)9-13/h7-9,11-12,20H,10H2,1-6H3,(H,19,21). The number of carbonyl (C=O) groups is 1. The van der Waals surface area contributed by atoms with Gasteiger partial charge in [0.05, 0.1) is 11.6 Å². The van der Waals surface area contributed by atoms with E-state index in [9.17, 15) is 4.79 Å². The third kappa shape index (κ3) is 7.22. The minimum atomic E-state index is -0.483. The van der Waals surface area contributed by atoms with E-state index in [1.54, 1.807) is 7.11 Å². The number of ether oxygens (including phenoxy) is 2. The van der Waals surface area contributed by atoms with Crippen LogP contribution in [0.25, 0.3) is 0 Å². The van der Waals surface area contributed by atoms with Crippen LogP contribution >= 0.6 is 15.9 Å². The highest BCUT2D eigenvalue weighted by Gasteiger charge is 2.17. The van der Waals surface area contributed by atoms with E-state index in [1.165, 1.54) is 0 Å². The summed E-state index contributed by atoms with van der Waals surface area (Å²) in [6.45, 7) is 10.1. The van der Waals surface area contributed by atoms with Crippen molar-refractivity contribution in [3.05, 3.63) is 28.2 Å². The van der Waals surface area contributed by atoms with Crippen molar-refractivity contribution in [2.45, 2.75) is 52.3 Å². The monoisotopic (exact) mass is 386 g/mol. The van der Waals surface area contributed by atoms with E-state index in [1.807, 2.05) is 45.9 Å². The summed E-state index contributed by atoms with van der Waals surface area (Å²) in [5, 5.41) is 6.22. The van der Waals surface area contributed by atoms with Crippen LogP contribution in [0.3, 0.4) is 0 Å². The first kappa shape index (κ1) is 19.8. The van der Waals surface area contributed by atoms with Crippen LogP contribution in [0.2, 0.25) is 0 Å². The third-order valence-electron chi connectivity index (χ3n) is 3.16. The van der Waals surface area contributed by atoms with Gasteiger partial charge in [0.15, 0.2) is 0 Å². The lowest BCUT2D eigenvalue weighted by Crippen LogP contribution is -2.41. The Kier molecular flexibility index (Phi) is 7.35. The smallest absolute Gasteiger partial charge is 0.407 e. The van der Waals surface area contributed by atoms with Gasteiger partial charge in [0.25, 0.3) is 0 Å². The summed E-state index contributed by atoms with van der Waals surface area (Å²) in [7, 11) is 1.64. The van der Waals surface area contributed by atoms with Gasteiger partial charge in [-0.25, -0.2) is 4.79 Å². The van der Waals surface area contributed by atoms with Crippen molar-refractivity contribution in [3.63, 3.8) is 0 Å². The summed E-state index contributed by atoms with van der Waals surface area (Å²) >= 11 is 3.49. The quantitative estimate of drug-likeness (QED) is 0.774. The molecule has 0 saturated heterocycles. The SMILES string of the molecule is COc1ccc(C(C)NC(C)CNC(=O)OC(C)(C)C)cc1Br. The van der Waals surface area contributed by atoms with Gasteiger partial charge >= 0.3 is 6.09 Å². The fourth-order valence-corrected chi connectivity index (χ4v) is 2.64. The summed E-state index contributed by atoms with van der Waals surface area (Å²) in [6, 6.07) is 6.24. The number of alkyl carbamates (subject to hydrolysis) is 1. The molecule has 0 radical (unpaired) electrons. The first-order chi connectivity index (χ1) is 10.6. The fourth-order valence-electron chi connectivity index (χ4n) is 2.08. The molecule has 1 aromatic carbocycles. The maximum absolute atomic E-state index is 11.7. The molecule has 0 aromatic heterocycles. The second-order valence-electron chi connectivity index (χ2n) is 6.57. The van der Waals surface area contributed by atoms with Crippen molar-refractivity contribution in [3.8, 4) is 5.75 Å². The molecule has 1 aromatic rings. The molecule has 1 rings (SSSR count). The van der Waals surface area contributed by atoms with Crippen LogP contribution < -0.4 is 15.4 Å². The molecule has 6 heteroatoms. The molecule has 5 nitrogen and oxygen atoms in total. The number of hydrogen-bond donors (Lipinski definition) is 2. The Balaban J connectivity index is 2.49. The number of hydrogen-bond acceptors (Lipinski definition) is 4. The van der Waals surface area contributed by atoms with Gasteiger partial charge in [0.2, 0.25) is 0 Å². The average Bonchev–Trinajstić information content (AvgIpc) is 2.43. The van der Waals surface area contributed by atoms with Crippen LogP contribution in [0.4, 0.5) is 4.79 Å². The van der Waals surface area contributed by atoms with Crippen molar-refractivity contribution in [1.82, 2.24) is 10.6 Å². The topological polar surface area (TPSA) is 59.6 Å². The van der Waals surface area contributed by atoms with Crippen molar-refractivity contribution in [2.75, 3.05) is 13.7 Å². The average molecular weight is 387 g/mol. The minimum absolute atomic E-state index is 0.110. The van der Waals surface area contributed by atoms with E-state index in [4.69, 9.17) is 9.47 Å². The second kappa shape index (κ2) is 8.55. The lowest BCUT2D eigenvalue weighted by atomic mass is 10.1. The Morgan fingerprint density at radius 1 is 1.30 bits per heavy atom. The lowest BCUT2D eigenvalue weighted by molar-refractivity contribution is 0.0522. The molecule has 0 aliphatic rings. The normalized spacial score (nSPS) is 14.0. The van der Waals surface area contributed by atoms with Gasteiger partial charge < -0.3 is 20.1 Å². The number of halogens is 1. The molecule has 0 spiro atoms. The Labute approximate surface area is 147 Å². The predicted octanol–water partition coefficient (Wildman–Crippen LogP) is 4.02. The van der Waals surface area contributed by atoms with Crippen LogP contribution in [0, 0.1) is 0 Å².